The van der Waals surface area contributed by atoms with Crippen LogP contribution in [0.4, 0.5) is 5.69 Å². The first-order valence-electron chi connectivity index (χ1n) is 10.7. The molecule has 0 fully saturated rings. The van der Waals surface area contributed by atoms with Crippen LogP contribution in [0.2, 0.25) is 0 Å². The molecular weight excluding hydrogens is 476 g/mol. The van der Waals surface area contributed by atoms with E-state index in [9.17, 15) is 18.0 Å². The Morgan fingerprint density at radius 3 is 2.44 bits per heavy atom. The molecule has 1 heterocycles. The van der Waals surface area contributed by atoms with Crippen LogP contribution in [0.25, 0.3) is 0 Å². The molecule has 0 bridgehead atoms. The summed E-state index contributed by atoms with van der Waals surface area (Å²) in [6.45, 7) is 2.40. The Balaban J connectivity index is 1.53. The number of nitrogens with one attached hydrogen (secondary N) is 1. The van der Waals surface area contributed by atoms with Gasteiger partial charge in [0, 0.05) is 12.7 Å². The van der Waals surface area contributed by atoms with E-state index in [-0.39, 0.29) is 28.1 Å². The predicted molar refractivity (Wildman–Crippen MR) is 129 cm³/mol. The third-order valence-corrected chi connectivity index (χ3v) is 7.46. The van der Waals surface area contributed by atoms with Crippen molar-refractivity contribution in [1.82, 2.24) is 14.8 Å². The lowest BCUT2D eigenvalue weighted by Crippen LogP contribution is -2.15. The Labute approximate surface area is 202 Å². The highest BCUT2D eigenvalue weighted by molar-refractivity contribution is 7.99. The second-order valence-electron chi connectivity index (χ2n) is 7.43. The highest BCUT2D eigenvalue weighted by atomic mass is 32.2. The molecule has 0 aliphatic heterocycles. The fraction of sp³-hybridized carbons (Fsp3) is 0.304. The van der Waals surface area contributed by atoms with Crippen molar-refractivity contribution in [1.29, 1.82) is 0 Å². The van der Waals surface area contributed by atoms with E-state index >= 15 is 0 Å². The largest absolute Gasteiger partial charge is 0.462 e. The molecule has 0 aliphatic carbocycles. The van der Waals surface area contributed by atoms with Crippen LogP contribution in [0, 0.1) is 0 Å². The second kappa shape index (κ2) is 11.8. The van der Waals surface area contributed by atoms with Crippen LogP contribution in [0.1, 0.15) is 35.9 Å². The van der Waals surface area contributed by atoms with E-state index in [1.165, 1.54) is 12.1 Å². The Bertz CT molecular complexity index is 1230. The first kappa shape index (κ1) is 25.4. The smallest absolute Gasteiger partial charge is 0.338 e. The molecule has 1 N–H and O–H groups in total. The molecule has 0 saturated carbocycles. The van der Waals surface area contributed by atoms with Gasteiger partial charge in [0.1, 0.15) is 11.6 Å². The fourth-order valence-electron chi connectivity index (χ4n) is 2.89. The van der Waals surface area contributed by atoms with Crippen molar-refractivity contribution in [3.05, 3.63) is 66.0 Å². The molecule has 1 amide bonds. The molecule has 3 aromatic rings. The Morgan fingerprint density at radius 2 is 1.76 bits per heavy atom. The number of sulfone groups is 1. The lowest BCUT2D eigenvalue weighted by Gasteiger charge is -2.07. The Hall–Kier alpha value is -3.18. The number of ether oxygens (including phenoxy) is 1. The van der Waals surface area contributed by atoms with Gasteiger partial charge < -0.3 is 14.6 Å². The van der Waals surface area contributed by atoms with Crippen LogP contribution >= 0.6 is 11.8 Å². The quantitative estimate of drug-likeness (QED) is 0.240. The average molecular weight is 503 g/mol. The Kier molecular flexibility index (Phi) is 8.83. The maximum atomic E-state index is 12.6. The summed E-state index contributed by atoms with van der Waals surface area (Å²) < 4.78 is 31.9. The first-order chi connectivity index (χ1) is 16.3. The van der Waals surface area contributed by atoms with Gasteiger partial charge in [-0.3, -0.25) is 4.79 Å². The number of amides is 1. The van der Waals surface area contributed by atoms with Crippen molar-refractivity contribution in [3.8, 4) is 0 Å². The number of hydrogen-bond donors (Lipinski definition) is 1. The van der Waals surface area contributed by atoms with Gasteiger partial charge in [0.25, 0.3) is 0 Å². The van der Waals surface area contributed by atoms with Crippen LogP contribution in [0.3, 0.4) is 0 Å². The summed E-state index contributed by atoms with van der Waals surface area (Å²) in [4.78, 5) is 24.5. The van der Waals surface area contributed by atoms with E-state index in [4.69, 9.17) is 4.74 Å². The standard InChI is InChI=1S/C23H26N4O5S2/c1-3-4-14-32-22(29)17-10-12-18(13-11-17)24-21(28)15-33-23-26-25-20(27(23)2)16-34(30,31)19-8-6-5-7-9-19/h5-13H,3-4,14-16H2,1-2H3,(H,24,28). The number of anilines is 1. The minimum atomic E-state index is -3.56. The van der Waals surface area contributed by atoms with Crippen molar-refractivity contribution < 1.29 is 22.7 Å². The molecule has 0 unspecified atom stereocenters. The number of aromatic nitrogens is 3. The number of thioether (sulfide) groups is 1. The minimum absolute atomic E-state index is 0.0538. The van der Waals surface area contributed by atoms with Gasteiger partial charge >= 0.3 is 5.97 Å². The van der Waals surface area contributed by atoms with Gasteiger partial charge in [0.2, 0.25) is 5.91 Å². The molecular formula is C23H26N4O5S2. The zero-order chi connectivity index (χ0) is 24.6. The molecule has 0 aliphatic rings. The van der Waals surface area contributed by atoms with Gasteiger partial charge in [0.05, 0.1) is 22.8 Å². The van der Waals surface area contributed by atoms with E-state index in [1.54, 1.807) is 54.1 Å². The normalized spacial score (nSPS) is 11.2. The molecule has 0 atom stereocenters. The number of benzene rings is 2. The average Bonchev–Trinajstić information content (AvgIpc) is 3.17. The van der Waals surface area contributed by atoms with E-state index < -0.39 is 15.8 Å². The summed E-state index contributed by atoms with van der Waals surface area (Å²) in [6.07, 6.45) is 1.76. The summed E-state index contributed by atoms with van der Waals surface area (Å²) in [6, 6.07) is 14.6. The number of rotatable bonds is 11. The van der Waals surface area contributed by atoms with Crippen molar-refractivity contribution in [3.63, 3.8) is 0 Å². The van der Waals surface area contributed by atoms with E-state index in [1.807, 2.05) is 6.92 Å². The number of esters is 1. The zero-order valence-corrected chi connectivity index (χ0v) is 20.6. The topological polar surface area (TPSA) is 120 Å². The molecule has 11 heteroatoms. The molecule has 34 heavy (non-hydrogen) atoms. The van der Waals surface area contributed by atoms with E-state index in [0.29, 0.717) is 23.0 Å². The molecule has 3 rings (SSSR count). The monoisotopic (exact) mass is 502 g/mol. The summed E-state index contributed by atoms with van der Waals surface area (Å²) in [5.41, 5.74) is 0.962. The van der Waals surface area contributed by atoms with Crippen molar-refractivity contribution in [2.45, 2.75) is 35.6 Å². The predicted octanol–water partition coefficient (Wildman–Crippen LogP) is 3.48. The van der Waals surface area contributed by atoms with Gasteiger partial charge in [-0.15, -0.1) is 10.2 Å². The van der Waals surface area contributed by atoms with Crippen LogP contribution < -0.4 is 5.32 Å². The van der Waals surface area contributed by atoms with Crippen molar-refractivity contribution in [2.75, 3.05) is 17.7 Å². The lowest BCUT2D eigenvalue weighted by molar-refractivity contribution is -0.113. The highest BCUT2D eigenvalue weighted by Gasteiger charge is 2.20. The summed E-state index contributed by atoms with van der Waals surface area (Å²) in [5.74, 6) is -0.620. The maximum Gasteiger partial charge on any atom is 0.338 e. The fourth-order valence-corrected chi connectivity index (χ4v) is 4.95. The second-order valence-corrected chi connectivity index (χ2v) is 10.4. The number of nitrogens with zero attached hydrogens (tertiary/aromatic N) is 3. The van der Waals surface area contributed by atoms with E-state index in [0.717, 1.165) is 24.6 Å². The van der Waals surface area contributed by atoms with Gasteiger partial charge in [-0.05, 0) is 42.8 Å². The van der Waals surface area contributed by atoms with Gasteiger partial charge in [-0.1, -0.05) is 43.3 Å². The van der Waals surface area contributed by atoms with Gasteiger partial charge in [-0.2, -0.15) is 0 Å². The number of hydrogen-bond acceptors (Lipinski definition) is 8. The van der Waals surface area contributed by atoms with Crippen molar-refractivity contribution >= 4 is 39.2 Å². The highest BCUT2D eigenvalue weighted by Crippen LogP contribution is 2.20. The van der Waals surface area contributed by atoms with Crippen LogP contribution in [0.15, 0.2) is 64.6 Å². The summed E-state index contributed by atoms with van der Waals surface area (Å²) >= 11 is 1.14. The van der Waals surface area contributed by atoms with Gasteiger partial charge in [-0.25, -0.2) is 13.2 Å². The molecule has 0 spiro atoms. The number of unbranched alkanes of at least 4 members (excludes halogenated alkanes) is 1. The van der Waals surface area contributed by atoms with Crippen LogP contribution in [-0.2, 0) is 32.2 Å². The lowest BCUT2D eigenvalue weighted by atomic mass is 10.2. The molecule has 1 aromatic heterocycles. The molecule has 0 saturated heterocycles. The van der Waals surface area contributed by atoms with Crippen molar-refractivity contribution in [2.24, 2.45) is 7.05 Å². The molecule has 0 radical (unpaired) electrons. The molecule has 9 nitrogen and oxygen atoms in total. The molecule has 180 valence electrons. The third-order valence-electron chi connectivity index (χ3n) is 4.81. The van der Waals surface area contributed by atoms with Crippen LogP contribution in [0.5, 0.6) is 0 Å². The SMILES string of the molecule is CCCCOC(=O)c1ccc(NC(=O)CSc2nnc(CS(=O)(=O)c3ccccc3)n2C)cc1. The maximum absolute atomic E-state index is 12.6. The summed E-state index contributed by atoms with van der Waals surface area (Å²) in [7, 11) is -1.89. The third kappa shape index (κ3) is 6.91. The van der Waals surface area contributed by atoms with Gasteiger partial charge in [0.15, 0.2) is 15.0 Å². The summed E-state index contributed by atoms with van der Waals surface area (Å²) in [5, 5.41) is 11.2. The Morgan fingerprint density at radius 1 is 1.06 bits per heavy atom. The molecule has 2 aromatic carbocycles. The first-order valence-corrected chi connectivity index (χ1v) is 13.3. The number of carbonyl (C=O) groups excluding carboxylic acids is 2. The van der Waals surface area contributed by atoms with E-state index in [2.05, 4.69) is 15.5 Å². The van der Waals surface area contributed by atoms with Crippen LogP contribution in [-0.4, -0.2) is 47.4 Å². The minimum Gasteiger partial charge on any atom is -0.462 e. The zero-order valence-electron chi connectivity index (χ0n) is 18.9. The number of carbonyl (C=O) groups is 2.